The van der Waals surface area contributed by atoms with Crippen molar-refractivity contribution in [1.82, 2.24) is 5.32 Å². The second-order valence-electron chi connectivity index (χ2n) is 3.60. The van der Waals surface area contributed by atoms with E-state index in [2.05, 4.69) is 5.32 Å². The maximum atomic E-state index is 8.69. The molecule has 1 heterocycles. The van der Waals surface area contributed by atoms with Gasteiger partial charge in [0.25, 0.3) is 0 Å². The maximum absolute atomic E-state index is 8.69. The Hall–Kier alpha value is -0.0800. The van der Waals surface area contributed by atoms with Crippen LogP contribution in [0, 0.1) is 5.92 Å². The minimum absolute atomic E-state index is 0.369. The van der Waals surface area contributed by atoms with Gasteiger partial charge in [0, 0.05) is 12.1 Å². The predicted octanol–water partition coefficient (Wildman–Crippen LogP) is 0.511. The summed E-state index contributed by atoms with van der Waals surface area (Å²) in [5.74, 6) is 0.792. The van der Waals surface area contributed by atoms with Crippen LogP contribution >= 0.6 is 0 Å². The van der Waals surface area contributed by atoms with Crippen molar-refractivity contribution in [1.29, 1.82) is 0 Å². The smallest absolute Gasteiger partial charge is 0.0434 e. The third-order valence-corrected chi connectivity index (χ3v) is 2.99. The highest BCUT2D eigenvalue weighted by atomic mass is 16.3. The number of hydrogen-bond donors (Lipinski definition) is 2. The minimum Gasteiger partial charge on any atom is -0.396 e. The summed E-state index contributed by atoms with van der Waals surface area (Å²) in [5.41, 5.74) is 0.503. The van der Waals surface area contributed by atoms with Gasteiger partial charge in [0.1, 0.15) is 0 Å². The largest absolute Gasteiger partial charge is 0.396 e. The van der Waals surface area contributed by atoms with Gasteiger partial charge in [-0.2, -0.15) is 0 Å². The molecule has 2 nitrogen and oxygen atoms in total. The Morgan fingerprint density at radius 1 is 1.60 bits per heavy atom. The average molecular weight is 141 g/mol. The summed E-state index contributed by atoms with van der Waals surface area (Å²) in [4.78, 5) is 0. The van der Waals surface area contributed by atoms with E-state index in [1.807, 2.05) is 0 Å². The molecule has 0 radical (unpaired) electrons. The van der Waals surface area contributed by atoms with E-state index in [0.29, 0.717) is 12.1 Å². The van der Waals surface area contributed by atoms with Crippen molar-refractivity contribution in [2.24, 2.45) is 5.92 Å². The first-order valence-corrected chi connectivity index (χ1v) is 4.23. The van der Waals surface area contributed by atoms with Crippen LogP contribution in [0.5, 0.6) is 0 Å². The van der Waals surface area contributed by atoms with Crippen LogP contribution in [-0.2, 0) is 0 Å². The summed E-state index contributed by atoms with van der Waals surface area (Å²) in [6.45, 7) is 1.57. The van der Waals surface area contributed by atoms with Gasteiger partial charge in [-0.05, 0) is 38.1 Å². The topological polar surface area (TPSA) is 32.3 Å². The van der Waals surface area contributed by atoms with Gasteiger partial charge in [-0.25, -0.2) is 0 Å². The summed E-state index contributed by atoms with van der Waals surface area (Å²) in [6, 6.07) is 0. The lowest BCUT2D eigenvalue weighted by atomic mass is 10.1. The van der Waals surface area contributed by atoms with Crippen molar-refractivity contribution in [3.05, 3.63) is 0 Å². The Kier molecular flexibility index (Phi) is 1.46. The monoisotopic (exact) mass is 141 g/mol. The van der Waals surface area contributed by atoms with E-state index < -0.39 is 0 Å². The summed E-state index contributed by atoms with van der Waals surface area (Å²) in [6.07, 6.45) is 5.00. The fraction of sp³-hybridized carbons (Fsp3) is 1.00. The molecular formula is C8H15NO. The standard InChI is InChI=1S/C8H15NO/c10-5-2-7-6-8(7)3-1-4-9-8/h7,9-10H,1-6H2. The van der Waals surface area contributed by atoms with E-state index >= 15 is 0 Å². The average Bonchev–Trinajstić information content (AvgIpc) is 2.43. The van der Waals surface area contributed by atoms with Gasteiger partial charge in [0.15, 0.2) is 0 Å². The number of aliphatic hydroxyl groups excluding tert-OH is 1. The van der Waals surface area contributed by atoms with Crippen LogP contribution in [0.3, 0.4) is 0 Å². The molecule has 2 atom stereocenters. The van der Waals surface area contributed by atoms with Gasteiger partial charge in [-0.3, -0.25) is 0 Å². The van der Waals surface area contributed by atoms with Crippen LogP contribution < -0.4 is 5.32 Å². The summed E-state index contributed by atoms with van der Waals surface area (Å²) in [5, 5.41) is 12.2. The molecule has 1 aliphatic carbocycles. The van der Waals surface area contributed by atoms with Crippen molar-refractivity contribution in [3.63, 3.8) is 0 Å². The quantitative estimate of drug-likeness (QED) is 0.587. The molecule has 1 aliphatic heterocycles. The van der Waals surface area contributed by atoms with Crippen LogP contribution in [0.1, 0.15) is 25.7 Å². The van der Waals surface area contributed by atoms with E-state index in [-0.39, 0.29) is 0 Å². The molecule has 2 aliphatic rings. The van der Waals surface area contributed by atoms with Crippen LogP contribution in [-0.4, -0.2) is 23.8 Å². The Morgan fingerprint density at radius 2 is 2.50 bits per heavy atom. The molecule has 58 valence electrons. The number of rotatable bonds is 2. The lowest BCUT2D eigenvalue weighted by Crippen LogP contribution is -2.25. The lowest BCUT2D eigenvalue weighted by molar-refractivity contribution is 0.273. The van der Waals surface area contributed by atoms with Gasteiger partial charge in [0.2, 0.25) is 0 Å². The molecule has 0 aromatic heterocycles. The zero-order valence-electron chi connectivity index (χ0n) is 6.27. The van der Waals surface area contributed by atoms with Gasteiger partial charge < -0.3 is 10.4 Å². The van der Waals surface area contributed by atoms with Crippen molar-refractivity contribution < 1.29 is 5.11 Å². The van der Waals surface area contributed by atoms with E-state index in [4.69, 9.17) is 5.11 Å². The highest BCUT2D eigenvalue weighted by Crippen LogP contribution is 2.50. The first-order valence-electron chi connectivity index (χ1n) is 4.23. The van der Waals surface area contributed by atoms with Gasteiger partial charge in [-0.15, -0.1) is 0 Å². The summed E-state index contributed by atoms with van der Waals surface area (Å²) in [7, 11) is 0. The summed E-state index contributed by atoms with van der Waals surface area (Å²) < 4.78 is 0. The number of nitrogens with one attached hydrogen (secondary N) is 1. The first-order chi connectivity index (χ1) is 4.87. The van der Waals surface area contributed by atoms with E-state index in [1.165, 1.54) is 25.8 Å². The molecule has 2 unspecified atom stereocenters. The predicted molar refractivity (Wildman–Crippen MR) is 39.8 cm³/mol. The van der Waals surface area contributed by atoms with E-state index in [1.54, 1.807) is 0 Å². The zero-order chi connectivity index (χ0) is 7.03. The Morgan fingerprint density at radius 3 is 3.10 bits per heavy atom. The molecule has 2 fully saturated rings. The second-order valence-corrected chi connectivity index (χ2v) is 3.60. The third kappa shape index (κ3) is 0.867. The molecule has 2 rings (SSSR count). The Balaban J connectivity index is 1.86. The lowest BCUT2D eigenvalue weighted by Gasteiger charge is -2.07. The normalized spacial score (nSPS) is 44.7. The molecule has 1 saturated heterocycles. The van der Waals surface area contributed by atoms with Gasteiger partial charge in [-0.1, -0.05) is 0 Å². The molecule has 2 heteroatoms. The minimum atomic E-state index is 0.369. The van der Waals surface area contributed by atoms with Gasteiger partial charge >= 0.3 is 0 Å². The molecule has 1 spiro atoms. The SMILES string of the molecule is OCCC1CC12CCCN2. The van der Waals surface area contributed by atoms with Crippen LogP contribution in [0.25, 0.3) is 0 Å². The van der Waals surface area contributed by atoms with Crippen molar-refractivity contribution in [3.8, 4) is 0 Å². The molecule has 10 heavy (non-hydrogen) atoms. The molecule has 0 bridgehead atoms. The summed E-state index contributed by atoms with van der Waals surface area (Å²) >= 11 is 0. The Labute approximate surface area is 61.6 Å². The highest BCUT2D eigenvalue weighted by Gasteiger charge is 2.54. The highest BCUT2D eigenvalue weighted by molar-refractivity contribution is 5.12. The number of hydrogen-bond acceptors (Lipinski definition) is 2. The molecular weight excluding hydrogens is 126 g/mol. The third-order valence-electron chi connectivity index (χ3n) is 2.99. The fourth-order valence-electron chi connectivity index (χ4n) is 2.27. The first kappa shape index (κ1) is 6.62. The molecule has 2 N–H and O–H groups in total. The number of aliphatic hydroxyl groups is 1. The van der Waals surface area contributed by atoms with Gasteiger partial charge in [0.05, 0.1) is 0 Å². The van der Waals surface area contributed by atoms with Crippen LogP contribution in [0.15, 0.2) is 0 Å². The second kappa shape index (κ2) is 2.21. The molecule has 0 amide bonds. The van der Waals surface area contributed by atoms with Crippen molar-refractivity contribution >= 4 is 0 Å². The molecule has 1 saturated carbocycles. The van der Waals surface area contributed by atoms with E-state index in [9.17, 15) is 0 Å². The Bertz CT molecular complexity index is 129. The van der Waals surface area contributed by atoms with Crippen molar-refractivity contribution in [2.75, 3.05) is 13.2 Å². The molecule has 0 aromatic carbocycles. The van der Waals surface area contributed by atoms with Crippen molar-refractivity contribution in [2.45, 2.75) is 31.2 Å². The zero-order valence-corrected chi connectivity index (χ0v) is 6.27. The van der Waals surface area contributed by atoms with Crippen LogP contribution in [0.2, 0.25) is 0 Å². The maximum Gasteiger partial charge on any atom is 0.0434 e. The van der Waals surface area contributed by atoms with Crippen LogP contribution in [0.4, 0.5) is 0 Å². The fourth-order valence-corrected chi connectivity index (χ4v) is 2.27. The molecule has 0 aromatic rings. The van der Waals surface area contributed by atoms with E-state index in [0.717, 1.165) is 12.3 Å².